The zero-order valence-corrected chi connectivity index (χ0v) is 11.2. The Hall–Kier alpha value is -2.13. The van der Waals surface area contributed by atoms with Crippen LogP contribution in [0.2, 0.25) is 0 Å². The Labute approximate surface area is 116 Å². The van der Waals surface area contributed by atoms with E-state index in [-0.39, 0.29) is 17.7 Å². The molecule has 0 saturated heterocycles. The van der Waals surface area contributed by atoms with E-state index in [0.717, 1.165) is 6.07 Å². The molecule has 19 heavy (non-hydrogen) atoms. The fourth-order valence-electron chi connectivity index (χ4n) is 1.64. The normalized spacial score (nSPS) is 10.2. The number of rotatable bonds is 3. The average molecular weight is 323 g/mol. The van der Waals surface area contributed by atoms with Crippen molar-refractivity contribution in [1.82, 2.24) is 4.57 Å². The fraction of sp³-hybridized carbons (Fsp3) is 0.0769. The second-order valence-electron chi connectivity index (χ2n) is 3.90. The first-order valence-electron chi connectivity index (χ1n) is 5.28. The molecule has 0 spiro atoms. The number of benzene rings is 1. The summed E-state index contributed by atoms with van der Waals surface area (Å²) in [6, 6.07) is 7.50. The van der Waals surface area contributed by atoms with Crippen molar-refractivity contribution in [3.63, 3.8) is 0 Å². The third kappa shape index (κ3) is 2.83. The standard InChI is InChI=1S/C13H8BrFN2O2/c14-12-4-10(13(18)19)7-17(12)6-9-2-1-8(5-16)3-11(9)15/h1-4,7H,6H2,(H,18,19). The first-order chi connectivity index (χ1) is 9.01. The zero-order chi connectivity index (χ0) is 14.0. The van der Waals surface area contributed by atoms with Crippen molar-refractivity contribution in [2.45, 2.75) is 6.54 Å². The van der Waals surface area contributed by atoms with Crippen LogP contribution in [0.5, 0.6) is 0 Å². The van der Waals surface area contributed by atoms with Gasteiger partial charge in [0, 0.05) is 11.8 Å². The topological polar surface area (TPSA) is 66.0 Å². The number of carboxylic acids is 1. The van der Waals surface area contributed by atoms with Gasteiger partial charge in [-0.1, -0.05) is 6.07 Å². The lowest BCUT2D eigenvalue weighted by molar-refractivity contribution is 0.0697. The summed E-state index contributed by atoms with van der Waals surface area (Å²) in [7, 11) is 0. The third-order valence-electron chi connectivity index (χ3n) is 2.61. The molecule has 1 N–H and O–H groups in total. The third-order valence-corrected chi connectivity index (χ3v) is 3.30. The summed E-state index contributed by atoms with van der Waals surface area (Å²) in [4.78, 5) is 10.8. The monoisotopic (exact) mass is 322 g/mol. The summed E-state index contributed by atoms with van der Waals surface area (Å²) >= 11 is 3.22. The van der Waals surface area contributed by atoms with E-state index in [1.807, 2.05) is 6.07 Å². The number of hydrogen-bond acceptors (Lipinski definition) is 2. The Balaban J connectivity index is 2.31. The van der Waals surface area contributed by atoms with Crippen molar-refractivity contribution < 1.29 is 14.3 Å². The lowest BCUT2D eigenvalue weighted by atomic mass is 10.1. The van der Waals surface area contributed by atoms with Crippen LogP contribution in [0.3, 0.4) is 0 Å². The molecule has 2 rings (SSSR count). The number of halogens is 2. The molecule has 0 saturated carbocycles. The molecule has 0 aliphatic carbocycles. The number of aromatic nitrogens is 1. The molecule has 6 heteroatoms. The van der Waals surface area contributed by atoms with Gasteiger partial charge in [0.2, 0.25) is 0 Å². The van der Waals surface area contributed by atoms with Gasteiger partial charge in [0.1, 0.15) is 5.82 Å². The summed E-state index contributed by atoms with van der Waals surface area (Å²) in [5.41, 5.74) is 0.757. The van der Waals surface area contributed by atoms with Crippen LogP contribution in [0.4, 0.5) is 4.39 Å². The molecule has 0 aliphatic heterocycles. The van der Waals surface area contributed by atoms with Crippen LogP contribution in [0.1, 0.15) is 21.5 Å². The number of carbonyl (C=O) groups is 1. The van der Waals surface area contributed by atoms with Gasteiger partial charge in [0.25, 0.3) is 0 Å². The first kappa shape index (κ1) is 13.3. The number of carboxylic acid groups (broad SMARTS) is 1. The van der Waals surface area contributed by atoms with E-state index in [1.54, 1.807) is 4.57 Å². The van der Waals surface area contributed by atoms with Gasteiger partial charge in [-0.2, -0.15) is 5.26 Å². The highest BCUT2D eigenvalue weighted by atomic mass is 79.9. The maximum atomic E-state index is 13.7. The van der Waals surface area contributed by atoms with Crippen molar-refractivity contribution in [2.24, 2.45) is 0 Å². The molecule has 0 atom stereocenters. The van der Waals surface area contributed by atoms with Gasteiger partial charge in [-0.3, -0.25) is 0 Å². The van der Waals surface area contributed by atoms with Crippen LogP contribution in [0.25, 0.3) is 0 Å². The van der Waals surface area contributed by atoms with Gasteiger partial charge >= 0.3 is 5.97 Å². The molecule has 0 bridgehead atoms. The van der Waals surface area contributed by atoms with E-state index >= 15 is 0 Å². The van der Waals surface area contributed by atoms with Gasteiger partial charge in [-0.25, -0.2) is 9.18 Å². The number of aromatic carboxylic acids is 1. The quantitative estimate of drug-likeness (QED) is 0.944. The lowest BCUT2D eigenvalue weighted by Crippen LogP contribution is -2.02. The number of nitriles is 1. The molecule has 4 nitrogen and oxygen atoms in total. The first-order valence-corrected chi connectivity index (χ1v) is 6.08. The van der Waals surface area contributed by atoms with Crippen LogP contribution in [-0.4, -0.2) is 15.6 Å². The average Bonchev–Trinajstić information content (AvgIpc) is 2.73. The SMILES string of the molecule is N#Cc1ccc(Cn2cc(C(=O)O)cc2Br)c(F)c1. The molecule has 1 aromatic heterocycles. The lowest BCUT2D eigenvalue weighted by Gasteiger charge is -2.06. The highest BCUT2D eigenvalue weighted by Crippen LogP contribution is 2.19. The molecule has 0 unspecified atom stereocenters. The van der Waals surface area contributed by atoms with Crippen molar-refractivity contribution in [2.75, 3.05) is 0 Å². The number of hydrogen-bond donors (Lipinski definition) is 1. The maximum absolute atomic E-state index is 13.7. The van der Waals surface area contributed by atoms with Gasteiger partial charge in [-0.05, 0) is 34.1 Å². The van der Waals surface area contributed by atoms with E-state index in [0.29, 0.717) is 10.2 Å². The number of nitrogens with zero attached hydrogens (tertiary/aromatic N) is 2. The zero-order valence-electron chi connectivity index (χ0n) is 9.60. The van der Waals surface area contributed by atoms with Crippen molar-refractivity contribution in [3.05, 3.63) is 57.6 Å². The molecule has 2 aromatic rings. The maximum Gasteiger partial charge on any atom is 0.337 e. The molecule has 0 amide bonds. The van der Waals surface area contributed by atoms with Crippen LogP contribution in [-0.2, 0) is 6.54 Å². The van der Waals surface area contributed by atoms with Crippen molar-refractivity contribution in [3.8, 4) is 6.07 Å². The predicted octanol–water partition coefficient (Wildman–Crippen LogP) is 3.01. The highest BCUT2D eigenvalue weighted by Gasteiger charge is 2.11. The molecular weight excluding hydrogens is 315 g/mol. The molecule has 1 heterocycles. The Morgan fingerprint density at radius 1 is 1.47 bits per heavy atom. The summed E-state index contributed by atoms with van der Waals surface area (Å²) in [6.07, 6.45) is 1.42. The largest absolute Gasteiger partial charge is 0.478 e. The fourth-order valence-corrected chi connectivity index (χ4v) is 2.12. The minimum Gasteiger partial charge on any atom is -0.478 e. The second-order valence-corrected chi connectivity index (χ2v) is 4.72. The van der Waals surface area contributed by atoms with Gasteiger partial charge in [0.15, 0.2) is 0 Å². The minimum absolute atomic E-state index is 0.126. The Bertz CT molecular complexity index is 688. The van der Waals surface area contributed by atoms with Gasteiger partial charge in [-0.15, -0.1) is 0 Å². The summed E-state index contributed by atoms with van der Waals surface area (Å²) in [6.45, 7) is 0.186. The van der Waals surface area contributed by atoms with Crippen LogP contribution in [0, 0.1) is 17.1 Å². The highest BCUT2D eigenvalue weighted by molar-refractivity contribution is 9.10. The second kappa shape index (κ2) is 5.24. The summed E-state index contributed by atoms with van der Waals surface area (Å²) < 4.78 is 15.9. The van der Waals surface area contributed by atoms with E-state index in [9.17, 15) is 9.18 Å². The van der Waals surface area contributed by atoms with Crippen LogP contribution < -0.4 is 0 Å². The minimum atomic E-state index is -1.04. The van der Waals surface area contributed by atoms with Gasteiger partial charge < -0.3 is 9.67 Å². The van der Waals surface area contributed by atoms with E-state index in [1.165, 1.54) is 24.4 Å². The molecule has 0 aliphatic rings. The molecule has 96 valence electrons. The molecule has 0 fully saturated rings. The smallest absolute Gasteiger partial charge is 0.337 e. The van der Waals surface area contributed by atoms with Crippen molar-refractivity contribution in [1.29, 1.82) is 5.26 Å². The Morgan fingerprint density at radius 3 is 2.74 bits per heavy atom. The predicted molar refractivity (Wildman–Crippen MR) is 69.3 cm³/mol. The Kier molecular flexibility index (Phi) is 3.67. The Morgan fingerprint density at radius 2 is 2.21 bits per heavy atom. The molecular formula is C13H8BrFN2O2. The van der Waals surface area contributed by atoms with Crippen LogP contribution >= 0.6 is 15.9 Å². The van der Waals surface area contributed by atoms with E-state index < -0.39 is 11.8 Å². The van der Waals surface area contributed by atoms with Gasteiger partial charge in [0.05, 0.1) is 28.3 Å². The molecule has 0 radical (unpaired) electrons. The summed E-state index contributed by atoms with van der Waals surface area (Å²) in [5, 5.41) is 17.5. The van der Waals surface area contributed by atoms with Crippen molar-refractivity contribution >= 4 is 21.9 Å². The molecule has 1 aromatic carbocycles. The van der Waals surface area contributed by atoms with E-state index in [2.05, 4.69) is 15.9 Å². The summed E-state index contributed by atoms with van der Waals surface area (Å²) in [5.74, 6) is -1.53. The van der Waals surface area contributed by atoms with Crippen LogP contribution in [0.15, 0.2) is 35.1 Å². The van der Waals surface area contributed by atoms with E-state index in [4.69, 9.17) is 10.4 Å².